The molecule has 0 saturated carbocycles. The van der Waals surface area contributed by atoms with Gasteiger partial charge in [0.1, 0.15) is 17.3 Å². The van der Waals surface area contributed by atoms with Gasteiger partial charge in [0.15, 0.2) is 11.6 Å². The molecule has 10 heteroatoms. The number of rotatable bonds is 7. The number of nitrogens with one attached hydrogen (secondary N) is 2. The topological polar surface area (TPSA) is 92.8 Å². The second-order valence-electron chi connectivity index (χ2n) is 8.48. The van der Waals surface area contributed by atoms with Crippen molar-refractivity contribution >= 4 is 39.4 Å². The van der Waals surface area contributed by atoms with Crippen LogP contribution in [-0.2, 0) is 13.1 Å². The maximum atomic E-state index is 15.0. The highest BCUT2D eigenvalue weighted by Crippen LogP contribution is 2.35. The number of aromatic nitrogens is 1. The Morgan fingerprint density at radius 3 is 2.55 bits per heavy atom. The zero-order valence-electron chi connectivity index (χ0n) is 20.2. The summed E-state index contributed by atoms with van der Waals surface area (Å²) < 4.78 is 26.9. The number of benzene rings is 3. The smallest absolute Gasteiger partial charge is 0.323 e. The summed E-state index contributed by atoms with van der Waals surface area (Å²) in [5, 5.41) is 5.45. The van der Waals surface area contributed by atoms with E-state index in [0.717, 1.165) is 15.8 Å². The number of nitrogens with zero attached hydrogens (tertiary/aromatic N) is 2. The van der Waals surface area contributed by atoms with Gasteiger partial charge in [0.2, 0.25) is 0 Å². The van der Waals surface area contributed by atoms with Gasteiger partial charge in [0.05, 0.1) is 19.2 Å². The fraction of sp³-hybridized carbons (Fsp3) is 0.107. The largest absolute Gasteiger partial charge is 0.497 e. The molecule has 0 radical (unpaired) electrons. The van der Waals surface area contributed by atoms with Crippen molar-refractivity contribution in [1.29, 1.82) is 0 Å². The number of halogens is 2. The number of anilines is 2. The number of hydrogen-bond donors (Lipinski definition) is 2. The number of amides is 3. The van der Waals surface area contributed by atoms with Crippen molar-refractivity contribution in [1.82, 2.24) is 9.88 Å². The van der Waals surface area contributed by atoms with Gasteiger partial charge < -0.3 is 19.7 Å². The molecule has 0 aliphatic carbocycles. The SMILES string of the molecule is COc1ccc(CN2Cc3c(Oc4ccc(NC(=O)c5ccc(Br)cc5)cc4F)ccnc3NC2=O)cc1. The molecule has 0 unspecified atom stereocenters. The zero-order chi connectivity index (χ0) is 26.6. The third-order valence-corrected chi connectivity index (χ3v) is 6.45. The first-order chi connectivity index (χ1) is 18.4. The lowest BCUT2D eigenvalue weighted by atomic mass is 10.1. The number of ether oxygens (including phenoxy) is 2. The van der Waals surface area contributed by atoms with E-state index in [1.807, 2.05) is 24.3 Å². The van der Waals surface area contributed by atoms with E-state index in [2.05, 4.69) is 31.5 Å². The number of carbonyl (C=O) groups is 2. The van der Waals surface area contributed by atoms with Gasteiger partial charge in [-0.25, -0.2) is 14.2 Å². The molecule has 192 valence electrons. The van der Waals surface area contributed by atoms with Crippen molar-refractivity contribution in [2.24, 2.45) is 0 Å². The molecule has 0 fully saturated rings. The summed E-state index contributed by atoms with van der Waals surface area (Å²) in [5.41, 5.74) is 2.27. The summed E-state index contributed by atoms with van der Waals surface area (Å²) in [6.45, 7) is 0.573. The summed E-state index contributed by atoms with van der Waals surface area (Å²) in [6.07, 6.45) is 1.48. The van der Waals surface area contributed by atoms with E-state index < -0.39 is 5.82 Å². The second kappa shape index (κ2) is 10.9. The van der Waals surface area contributed by atoms with Crippen LogP contribution in [0, 0.1) is 5.82 Å². The highest BCUT2D eigenvalue weighted by atomic mass is 79.9. The van der Waals surface area contributed by atoms with E-state index in [0.29, 0.717) is 29.2 Å². The number of urea groups is 1. The van der Waals surface area contributed by atoms with E-state index in [4.69, 9.17) is 9.47 Å². The van der Waals surface area contributed by atoms with Crippen LogP contribution in [0.4, 0.5) is 20.7 Å². The first kappa shape index (κ1) is 25.2. The van der Waals surface area contributed by atoms with Gasteiger partial charge in [0, 0.05) is 34.5 Å². The molecular formula is C28H22BrFN4O4. The van der Waals surface area contributed by atoms with Crippen molar-refractivity contribution in [3.63, 3.8) is 0 Å². The van der Waals surface area contributed by atoms with Crippen LogP contribution in [0.3, 0.4) is 0 Å². The maximum Gasteiger partial charge on any atom is 0.323 e. The monoisotopic (exact) mass is 576 g/mol. The van der Waals surface area contributed by atoms with Crippen LogP contribution in [-0.4, -0.2) is 28.9 Å². The molecule has 0 spiro atoms. The number of hydrogen-bond acceptors (Lipinski definition) is 5. The summed E-state index contributed by atoms with van der Waals surface area (Å²) >= 11 is 3.33. The van der Waals surface area contributed by atoms with Crippen molar-refractivity contribution in [2.75, 3.05) is 17.7 Å². The van der Waals surface area contributed by atoms with Crippen molar-refractivity contribution < 1.29 is 23.5 Å². The molecule has 2 N–H and O–H groups in total. The molecule has 1 aromatic heterocycles. The first-order valence-electron chi connectivity index (χ1n) is 11.6. The minimum atomic E-state index is -0.654. The quantitative estimate of drug-likeness (QED) is 0.259. The van der Waals surface area contributed by atoms with Crippen LogP contribution in [0.25, 0.3) is 0 Å². The Kier molecular flexibility index (Phi) is 7.23. The average molecular weight is 577 g/mol. The Morgan fingerprint density at radius 1 is 1.08 bits per heavy atom. The lowest BCUT2D eigenvalue weighted by Crippen LogP contribution is -2.38. The van der Waals surface area contributed by atoms with Crippen molar-refractivity contribution in [3.8, 4) is 17.2 Å². The molecule has 3 amide bonds. The lowest BCUT2D eigenvalue weighted by molar-refractivity contribution is 0.102. The van der Waals surface area contributed by atoms with Crippen LogP contribution in [0.15, 0.2) is 83.5 Å². The number of fused-ring (bicyclic) bond motifs is 1. The predicted octanol–water partition coefficient (Wildman–Crippen LogP) is 6.58. The molecule has 0 saturated heterocycles. The van der Waals surface area contributed by atoms with Gasteiger partial charge in [-0.05, 0) is 60.2 Å². The van der Waals surface area contributed by atoms with Crippen LogP contribution < -0.4 is 20.1 Å². The summed E-state index contributed by atoms with van der Waals surface area (Å²) in [4.78, 5) is 31.0. The number of methoxy groups -OCH3 is 1. The van der Waals surface area contributed by atoms with Gasteiger partial charge in [-0.15, -0.1) is 0 Å². The van der Waals surface area contributed by atoms with E-state index in [-0.39, 0.29) is 29.9 Å². The Balaban J connectivity index is 1.31. The molecule has 38 heavy (non-hydrogen) atoms. The van der Waals surface area contributed by atoms with Gasteiger partial charge in [-0.1, -0.05) is 28.1 Å². The Hall–Kier alpha value is -4.44. The summed E-state index contributed by atoms with van der Waals surface area (Å²) in [6, 6.07) is 19.8. The first-order valence-corrected chi connectivity index (χ1v) is 12.4. The fourth-order valence-electron chi connectivity index (χ4n) is 3.94. The molecule has 5 rings (SSSR count). The minimum Gasteiger partial charge on any atom is -0.497 e. The van der Waals surface area contributed by atoms with Crippen molar-refractivity contribution in [2.45, 2.75) is 13.1 Å². The summed E-state index contributed by atoms with van der Waals surface area (Å²) in [7, 11) is 1.59. The summed E-state index contributed by atoms with van der Waals surface area (Å²) in [5.74, 6) is 0.403. The third-order valence-electron chi connectivity index (χ3n) is 5.92. The van der Waals surface area contributed by atoms with Gasteiger partial charge >= 0.3 is 6.03 Å². The Morgan fingerprint density at radius 2 is 1.84 bits per heavy atom. The van der Waals surface area contributed by atoms with Gasteiger partial charge in [-0.3, -0.25) is 10.1 Å². The molecule has 8 nitrogen and oxygen atoms in total. The highest BCUT2D eigenvalue weighted by molar-refractivity contribution is 9.10. The molecule has 1 aliphatic heterocycles. The molecule has 2 heterocycles. The van der Waals surface area contributed by atoms with Crippen LogP contribution in [0.5, 0.6) is 17.2 Å². The second-order valence-corrected chi connectivity index (χ2v) is 9.39. The van der Waals surface area contributed by atoms with E-state index in [9.17, 15) is 14.0 Å². The normalized spacial score (nSPS) is 12.4. The van der Waals surface area contributed by atoms with Crippen LogP contribution in [0.1, 0.15) is 21.5 Å². The molecule has 0 bridgehead atoms. The third kappa shape index (κ3) is 5.60. The maximum absolute atomic E-state index is 15.0. The van der Waals surface area contributed by atoms with E-state index in [1.165, 1.54) is 18.3 Å². The molecule has 0 atom stereocenters. The molecule has 4 aromatic rings. The highest BCUT2D eigenvalue weighted by Gasteiger charge is 2.27. The van der Waals surface area contributed by atoms with Crippen LogP contribution >= 0.6 is 15.9 Å². The van der Waals surface area contributed by atoms with Gasteiger partial charge in [-0.2, -0.15) is 0 Å². The Bertz CT molecular complexity index is 1500. The van der Waals surface area contributed by atoms with Crippen LogP contribution in [0.2, 0.25) is 0 Å². The molecular weight excluding hydrogens is 555 g/mol. The van der Waals surface area contributed by atoms with Crippen molar-refractivity contribution in [3.05, 3.63) is 106 Å². The Labute approximate surface area is 226 Å². The lowest BCUT2D eigenvalue weighted by Gasteiger charge is -2.29. The number of pyridine rings is 1. The average Bonchev–Trinajstić information content (AvgIpc) is 2.91. The zero-order valence-corrected chi connectivity index (χ0v) is 21.8. The standard InChI is InChI=1S/C28H22BrFN4O4/c1-37-21-9-2-17(3-10-21)15-34-16-22-24(12-13-31-26(22)33-28(34)36)38-25-11-8-20(14-23(25)30)32-27(35)18-4-6-19(29)7-5-18/h2-14H,15-16H2,1H3,(H,32,35)(H,31,33,36). The van der Waals surface area contributed by atoms with Gasteiger partial charge in [0.25, 0.3) is 5.91 Å². The fourth-order valence-corrected chi connectivity index (χ4v) is 4.20. The molecule has 3 aromatic carbocycles. The molecule has 1 aliphatic rings. The number of carbonyl (C=O) groups excluding carboxylic acids is 2. The minimum absolute atomic E-state index is 0.0290. The van der Waals surface area contributed by atoms with E-state index >= 15 is 0 Å². The predicted molar refractivity (Wildman–Crippen MR) is 144 cm³/mol. The van der Waals surface area contributed by atoms with E-state index in [1.54, 1.807) is 48.4 Å².